The Morgan fingerprint density at radius 2 is 1.70 bits per heavy atom. The summed E-state index contributed by atoms with van der Waals surface area (Å²) in [4.78, 5) is 22.3. The monoisotopic (exact) mass is 457 g/mol. The Labute approximate surface area is 182 Å². The lowest BCUT2D eigenvalue weighted by molar-refractivity contribution is 0.450. The Hall–Kier alpha value is -2.79. The minimum Gasteiger partial charge on any atom is -0.292 e. The molecule has 1 unspecified atom stereocenters. The molecule has 1 aliphatic carbocycles. The molecular weight excluding hydrogens is 438 g/mol. The second kappa shape index (κ2) is 6.88. The van der Waals surface area contributed by atoms with E-state index in [0.717, 1.165) is 36.0 Å². The van der Waals surface area contributed by atoms with Gasteiger partial charge in [0.15, 0.2) is 5.52 Å². The topological polar surface area (TPSA) is 47.8 Å². The fraction of sp³-hybridized carbons (Fsp3) is 0.240. The fourth-order valence-electron chi connectivity index (χ4n) is 5.28. The summed E-state index contributed by atoms with van der Waals surface area (Å²) < 4.78 is 2.76. The Bertz CT molecular complexity index is 1310. The Kier molecular flexibility index (Phi) is 4.13. The molecule has 3 heterocycles. The summed E-state index contributed by atoms with van der Waals surface area (Å²) in [7, 11) is 0. The van der Waals surface area contributed by atoms with Crippen LogP contribution in [0.15, 0.2) is 70.1 Å². The predicted molar refractivity (Wildman–Crippen MR) is 122 cm³/mol. The molecule has 0 spiro atoms. The molecule has 6 rings (SSSR count). The van der Waals surface area contributed by atoms with Crippen molar-refractivity contribution >= 4 is 27.0 Å². The van der Waals surface area contributed by atoms with Crippen molar-refractivity contribution in [1.29, 1.82) is 0 Å². The van der Waals surface area contributed by atoms with E-state index in [2.05, 4.69) is 69.4 Å². The van der Waals surface area contributed by atoms with E-state index in [1.54, 1.807) is 6.20 Å². The smallest absolute Gasteiger partial charge is 0.280 e. The number of aryl methyl sites for hydroxylation is 1. The van der Waals surface area contributed by atoms with Crippen LogP contribution in [0.1, 0.15) is 48.2 Å². The maximum Gasteiger partial charge on any atom is 0.280 e. The predicted octanol–water partition coefficient (Wildman–Crippen LogP) is 5.63. The van der Waals surface area contributed by atoms with Gasteiger partial charge in [0.2, 0.25) is 0 Å². The van der Waals surface area contributed by atoms with Crippen molar-refractivity contribution < 1.29 is 0 Å². The zero-order chi connectivity index (χ0) is 20.2. The number of fused-ring (bicyclic) bond motifs is 5. The average molecular weight is 458 g/mol. The number of pyridine rings is 1. The van der Waals surface area contributed by atoms with Crippen LogP contribution in [0.3, 0.4) is 0 Å². The van der Waals surface area contributed by atoms with Gasteiger partial charge in [0.1, 0.15) is 5.82 Å². The summed E-state index contributed by atoms with van der Waals surface area (Å²) in [5.41, 5.74) is 6.66. The number of benzene rings is 2. The Morgan fingerprint density at radius 3 is 2.43 bits per heavy atom. The van der Waals surface area contributed by atoms with Crippen LogP contribution in [0.4, 0.5) is 0 Å². The summed E-state index contributed by atoms with van der Waals surface area (Å²) in [6.45, 7) is 0. The van der Waals surface area contributed by atoms with Gasteiger partial charge in [0.25, 0.3) is 5.56 Å². The number of halogens is 1. The van der Waals surface area contributed by atoms with Crippen LogP contribution in [0.5, 0.6) is 0 Å². The molecule has 2 aromatic heterocycles. The first-order valence-corrected chi connectivity index (χ1v) is 11.2. The summed E-state index contributed by atoms with van der Waals surface area (Å²) >= 11 is 3.43. The molecule has 2 aromatic carbocycles. The molecule has 5 heteroatoms. The summed E-state index contributed by atoms with van der Waals surface area (Å²) in [6.07, 6.45) is 5.48. The number of hydrogen-bond donors (Lipinski definition) is 0. The molecule has 4 nitrogen and oxygen atoms in total. The highest BCUT2D eigenvalue weighted by Gasteiger charge is 2.31. The van der Waals surface area contributed by atoms with Crippen LogP contribution in [0.25, 0.3) is 22.2 Å². The lowest BCUT2D eigenvalue weighted by Gasteiger charge is -2.19. The molecule has 2 aliphatic rings. The third-order valence-corrected chi connectivity index (χ3v) is 7.03. The van der Waals surface area contributed by atoms with Gasteiger partial charge in [-0.25, -0.2) is 9.97 Å². The van der Waals surface area contributed by atoms with Crippen LogP contribution in [0.2, 0.25) is 0 Å². The molecular formula is C25H20BrN3O. The van der Waals surface area contributed by atoms with Crippen LogP contribution in [-0.2, 0) is 6.42 Å². The lowest BCUT2D eigenvalue weighted by Crippen LogP contribution is -2.25. The third-order valence-electron chi connectivity index (χ3n) is 6.60. The highest BCUT2D eigenvalue weighted by Crippen LogP contribution is 2.47. The van der Waals surface area contributed by atoms with Gasteiger partial charge < -0.3 is 0 Å². The molecule has 0 bridgehead atoms. The molecule has 0 N–H and O–H groups in total. The highest BCUT2D eigenvalue weighted by molar-refractivity contribution is 9.10. The zero-order valence-corrected chi connectivity index (χ0v) is 18.0. The van der Waals surface area contributed by atoms with Crippen LogP contribution in [0, 0.1) is 0 Å². The molecule has 0 fully saturated rings. The maximum absolute atomic E-state index is 13.2. The molecule has 30 heavy (non-hydrogen) atoms. The normalized spacial score (nSPS) is 17.2. The summed E-state index contributed by atoms with van der Waals surface area (Å²) in [5, 5.41) is 0. The largest absolute Gasteiger partial charge is 0.292 e. The van der Waals surface area contributed by atoms with Gasteiger partial charge in [-0.2, -0.15) is 0 Å². The number of rotatable bonds is 3. The maximum atomic E-state index is 13.2. The first kappa shape index (κ1) is 18.0. The van der Waals surface area contributed by atoms with Crippen LogP contribution in [-0.4, -0.2) is 14.5 Å². The second-order valence-electron chi connectivity index (χ2n) is 8.22. The van der Waals surface area contributed by atoms with E-state index in [9.17, 15) is 4.79 Å². The van der Waals surface area contributed by atoms with Gasteiger partial charge in [-0.3, -0.25) is 9.36 Å². The fourth-order valence-corrected chi connectivity index (χ4v) is 5.60. The lowest BCUT2D eigenvalue weighted by atomic mass is 9.90. The molecule has 4 aromatic rings. The molecule has 1 atom stereocenters. The Morgan fingerprint density at radius 1 is 1.00 bits per heavy atom. The van der Waals surface area contributed by atoms with Crippen LogP contribution < -0.4 is 5.56 Å². The standard InChI is InChI=1S/C25H20BrN3O/c26-15-13-22-24(27-14-15)25(30)29-16(10-12-23(29)28-22)9-11-21-19-7-3-1-5-17(19)18-6-2-4-8-20(18)21/h1-8,13-14,16,21H,9-12H2. The third kappa shape index (κ3) is 2.68. The zero-order valence-electron chi connectivity index (χ0n) is 16.4. The molecule has 0 saturated heterocycles. The van der Waals surface area contributed by atoms with Gasteiger partial charge in [-0.05, 0) is 63.5 Å². The van der Waals surface area contributed by atoms with E-state index in [1.807, 2.05) is 10.6 Å². The molecule has 148 valence electrons. The Balaban J connectivity index is 1.34. The summed E-state index contributed by atoms with van der Waals surface area (Å²) in [6, 6.07) is 19.5. The van der Waals surface area contributed by atoms with Gasteiger partial charge in [0, 0.05) is 29.1 Å². The second-order valence-corrected chi connectivity index (χ2v) is 9.14. The first-order chi connectivity index (χ1) is 14.7. The van der Waals surface area contributed by atoms with Crippen molar-refractivity contribution in [3.63, 3.8) is 0 Å². The van der Waals surface area contributed by atoms with Crippen molar-refractivity contribution in [2.24, 2.45) is 0 Å². The molecule has 1 aliphatic heterocycles. The molecule has 0 amide bonds. The van der Waals surface area contributed by atoms with Crippen molar-refractivity contribution in [2.45, 2.75) is 37.6 Å². The first-order valence-electron chi connectivity index (χ1n) is 10.5. The molecule has 0 saturated carbocycles. The number of hydrogen-bond acceptors (Lipinski definition) is 3. The van der Waals surface area contributed by atoms with Gasteiger partial charge >= 0.3 is 0 Å². The van der Waals surface area contributed by atoms with E-state index in [1.165, 1.54) is 22.3 Å². The minimum absolute atomic E-state index is 0.00257. The van der Waals surface area contributed by atoms with E-state index in [4.69, 9.17) is 4.98 Å². The van der Waals surface area contributed by atoms with Crippen molar-refractivity contribution in [2.75, 3.05) is 0 Å². The van der Waals surface area contributed by atoms with Crippen molar-refractivity contribution in [1.82, 2.24) is 14.5 Å². The van der Waals surface area contributed by atoms with E-state index >= 15 is 0 Å². The SMILES string of the molecule is O=c1c2ncc(Br)cc2nc2n1C(CCC1c3ccccc3-c3ccccc31)CC2. The quantitative estimate of drug-likeness (QED) is 0.400. The number of aromatic nitrogens is 3. The van der Waals surface area contributed by atoms with Crippen molar-refractivity contribution in [3.8, 4) is 11.1 Å². The average Bonchev–Trinajstić information content (AvgIpc) is 3.31. The van der Waals surface area contributed by atoms with E-state index < -0.39 is 0 Å². The van der Waals surface area contributed by atoms with Gasteiger partial charge in [0.05, 0.1) is 5.52 Å². The van der Waals surface area contributed by atoms with Gasteiger partial charge in [-0.15, -0.1) is 0 Å². The summed E-state index contributed by atoms with van der Waals surface area (Å²) in [5.74, 6) is 1.28. The minimum atomic E-state index is -0.00257. The number of nitrogens with zero attached hydrogens (tertiary/aromatic N) is 3. The highest BCUT2D eigenvalue weighted by atomic mass is 79.9. The van der Waals surface area contributed by atoms with Gasteiger partial charge in [-0.1, -0.05) is 48.5 Å². The van der Waals surface area contributed by atoms with Crippen molar-refractivity contribution in [3.05, 3.63) is 92.6 Å². The van der Waals surface area contributed by atoms with E-state index in [0.29, 0.717) is 17.0 Å². The van der Waals surface area contributed by atoms with E-state index in [-0.39, 0.29) is 11.6 Å². The van der Waals surface area contributed by atoms with Crippen LogP contribution >= 0.6 is 15.9 Å². The molecule has 0 radical (unpaired) electrons.